The number of aromatic nitrogens is 7. The monoisotopic (exact) mass is 963 g/mol. The second kappa shape index (κ2) is 20.6. The number of hydrogen-bond acceptors (Lipinski definition) is 15. The molecule has 20 heteroatoms. The van der Waals surface area contributed by atoms with Gasteiger partial charge in [-0.15, -0.1) is 32.9 Å². The van der Waals surface area contributed by atoms with Crippen LogP contribution in [0.15, 0.2) is 64.1 Å². The maximum atomic E-state index is 14.6. The number of benzene rings is 2. The van der Waals surface area contributed by atoms with E-state index in [0.717, 1.165) is 43.4 Å². The number of carbonyl (C=O) groups is 4. The Hall–Kier alpha value is -6.22. The van der Waals surface area contributed by atoms with E-state index in [4.69, 9.17) is 9.51 Å². The van der Waals surface area contributed by atoms with Gasteiger partial charge in [0.2, 0.25) is 29.5 Å². The number of rotatable bonds is 16. The van der Waals surface area contributed by atoms with Gasteiger partial charge in [-0.25, -0.2) is 9.97 Å². The van der Waals surface area contributed by atoms with E-state index in [2.05, 4.69) is 36.0 Å². The van der Waals surface area contributed by atoms with Crippen LogP contribution in [-0.4, -0.2) is 116 Å². The number of hydrogen-bond donors (Lipinski definition) is 4. The highest BCUT2D eigenvalue weighted by Crippen LogP contribution is 2.34. The summed E-state index contributed by atoms with van der Waals surface area (Å²) in [6.07, 6.45) is -1.47. The number of carbonyl (C=O) groups excluding carboxylic acids is 4. The molecule has 6 atom stereocenters. The maximum Gasteiger partial charge on any atom is 0.243 e. The van der Waals surface area contributed by atoms with Crippen molar-refractivity contribution in [3.05, 3.63) is 105 Å². The summed E-state index contributed by atoms with van der Waals surface area (Å²) in [6.45, 7) is 13.9. The summed E-state index contributed by atoms with van der Waals surface area (Å²) in [5.74, 6) is -1.65. The van der Waals surface area contributed by atoms with Gasteiger partial charge in [-0.1, -0.05) is 81.4 Å². The van der Waals surface area contributed by atoms with E-state index in [1.807, 2.05) is 100 Å². The van der Waals surface area contributed by atoms with Gasteiger partial charge in [0.1, 0.15) is 35.6 Å². The minimum absolute atomic E-state index is 0.0227. The Morgan fingerprint density at radius 3 is 1.74 bits per heavy atom. The number of nitrogens with zero attached hydrogens (tertiary/aromatic N) is 9. The summed E-state index contributed by atoms with van der Waals surface area (Å²) in [5.41, 5.74) is 8.99. The first-order valence-corrected chi connectivity index (χ1v) is 24.6. The number of aliphatic hydroxyl groups excluding tert-OH is 2. The van der Waals surface area contributed by atoms with Crippen LogP contribution in [-0.2, 0) is 38.8 Å². The zero-order chi connectivity index (χ0) is 48.4. The van der Waals surface area contributed by atoms with Gasteiger partial charge in [-0.3, -0.25) is 19.2 Å². The molecule has 6 heterocycles. The Morgan fingerprint density at radius 2 is 1.24 bits per heavy atom. The van der Waals surface area contributed by atoms with Gasteiger partial charge in [0.05, 0.1) is 50.9 Å². The van der Waals surface area contributed by atoms with E-state index in [1.165, 1.54) is 21.1 Å². The van der Waals surface area contributed by atoms with Gasteiger partial charge in [0.25, 0.3) is 0 Å². The van der Waals surface area contributed by atoms with E-state index in [9.17, 15) is 29.4 Å². The van der Waals surface area contributed by atoms with Crippen LogP contribution in [0.25, 0.3) is 20.9 Å². The van der Waals surface area contributed by atoms with E-state index < -0.39 is 36.1 Å². The van der Waals surface area contributed by atoms with Crippen molar-refractivity contribution in [1.29, 1.82) is 0 Å². The number of nitrogens with one attached hydrogen (secondary N) is 2. The molecule has 6 aromatic rings. The molecule has 0 spiro atoms. The lowest BCUT2D eigenvalue weighted by Crippen LogP contribution is -2.48. The molecule has 18 nitrogen and oxygen atoms in total. The number of amides is 4. The fraction of sp³-hybridized carbons (Fsp3) is 0.458. The average Bonchev–Trinajstić information content (AvgIpc) is 4.19. The van der Waals surface area contributed by atoms with Crippen LogP contribution in [0.3, 0.4) is 0 Å². The third kappa shape index (κ3) is 10.3. The molecule has 2 saturated heterocycles. The molecular weight excluding hydrogens is 907 g/mol. The molecule has 2 aromatic carbocycles. The normalized spacial score (nSPS) is 19.2. The maximum absolute atomic E-state index is 14.6. The van der Waals surface area contributed by atoms with Gasteiger partial charge in [-0.05, 0) is 54.9 Å². The van der Waals surface area contributed by atoms with Gasteiger partial charge in [0.15, 0.2) is 5.82 Å². The van der Waals surface area contributed by atoms with E-state index in [1.54, 1.807) is 23.8 Å². The molecule has 2 aliphatic heterocycles. The molecule has 2 fully saturated rings. The van der Waals surface area contributed by atoms with E-state index >= 15 is 0 Å². The Balaban J connectivity index is 0.914. The minimum Gasteiger partial charge on any atom is -0.391 e. The summed E-state index contributed by atoms with van der Waals surface area (Å²) in [6, 6.07) is 14.0. The van der Waals surface area contributed by atoms with E-state index in [0.29, 0.717) is 17.5 Å². The van der Waals surface area contributed by atoms with Gasteiger partial charge in [0, 0.05) is 39.0 Å². The molecule has 0 aliphatic carbocycles. The van der Waals surface area contributed by atoms with Crippen LogP contribution in [0.2, 0.25) is 0 Å². The molecule has 8 rings (SSSR count). The molecule has 4 amide bonds. The van der Waals surface area contributed by atoms with Crippen molar-refractivity contribution in [2.75, 3.05) is 13.1 Å². The smallest absolute Gasteiger partial charge is 0.243 e. The van der Waals surface area contributed by atoms with Crippen LogP contribution >= 0.6 is 22.7 Å². The third-order valence-corrected chi connectivity index (χ3v) is 14.6. The molecule has 4 N–H and O–H groups in total. The number of aryl methyl sites for hydroxylation is 3. The number of likely N-dealkylation sites (tertiary alicyclic amines) is 2. The van der Waals surface area contributed by atoms with E-state index in [-0.39, 0.29) is 86.9 Å². The Labute approximate surface area is 402 Å². The predicted molar refractivity (Wildman–Crippen MR) is 254 cm³/mol. The molecular formula is C48H57N11O7S2. The Kier molecular flexibility index (Phi) is 14.6. The highest BCUT2D eigenvalue weighted by atomic mass is 32.1. The number of β-amino-alcohol motifs (C(OH)–C–C–N with tert-alkyl or cyclic N) is 2. The first-order chi connectivity index (χ1) is 32.6. The quantitative estimate of drug-likeness (QED) is 0.101. The molecule has 358 valence electrons. The predicted octanol–water partition coefficient (Wildman–Crippen LogP) is 4.92. The zero-order valence-corrected chi connectivity index (χ0v) is 40.8. The largest absolute Gasteiger partial charge is 0.391 e. The lowest BCUT2D eigenvalue weighted by atomic mass is 9.92. The molecule has 0 bridgehead atoms. The van der Waals surface area contributed by atoms with Crippen molar-refractivity contribution in [2.24, 2.45) is 11.8 Å². The summed E-state index contributed by atoms with van der Waals surface area (Å²) in [7, 11) is 0. The second-order valence-corrected chi connectivity index (χ2v) is 20.0. The molecule has 2 aliphatic rings. The average molecular weight is 964 g/mol. The van der Waals surface area contributed by atoms with Gasteiger partial charge in [-0.2, -0.15) is 4.98 Å². The lowest BCUT2D eigenvalue weighted by molar-refractivity contribution is -0.141. The Morgan fingerprint density at radius 1 is 0.721 bits per heavy atom. The summed E-state index contributed by atoms with van der Waals surface area (Å²) < 4.78 is 7.24. The van der Waals surface area contributed by atoms with Crippen LogP contribution in [0.5, 0.6) is 0 Å². The van der Waals surface area contributed by atoms with Crippen molar-refractivity contribution < 1.29 is 33.9 Å². The number of thiazole rings is 2. The molecule has 4 aromatic heterocycles. The van der Waals surface area contributed by atoms with Gasteiger partial charge >= 0.3 is 0 Å². The second-order valence-electron chi connectivity index (χ2n) is 18.3. The topological polar surface area (TPSA) is 235 Å². The molecule has 0 saturated carbocycles. The highest BCUT2D eigenvalue weighted by Gasteiger charge is 2.45. The van der Waals surface area contributed by atoms with Crippen LogP contribution < -0.4 is 10.6 Å². The summed E-state index contributed by atoms with van der Waals surface area (Å²) in [4.78, 5) is 73.9. The highest BCUT2D eigenvalue weighted by molar-refractivity contribution is 7.13. The first kappa shape index (κ1) is 48.2. The van der Waals surface area contributed by atoms with Crippen molar-refractivity contribution >= 4 is 46.3 Å². The van der Waals surface area contributed by atoms with Crippen LogP contribution in [0.1, 0.15) is 98.3 Å². The molecule has 0 radical (unpaired) electrons. The zero-order valence-electron chi connectivity index (χ0n) is 39.1. The summed E-state index contributed by atoms with van der Waals surface area (Å²) >= 11 is 3.05. The fourth-order valence-corrected chi connectivity index (χ4v) is 10.7. The SMILES string of the molecule is Cc1noc([C@H](C(=O)N2C[C@H](O)C[C@H]2C(=O)NCc2ccc(-c3scnc3Cn3c(C)nnc3[C@H](C(=O)N3C[C@H](O)C[C@H]3C(=O)NCc3ccc(-c4scnc4C)cc3)C(C)C)cc2)C(C)C)n1. The molecule has 68 heavy (non-hydrogen) atoms. The van der Waals surface area contributed by atoms with Crippen molar-refractivity contribution in [2.45, 2.75) is 117 Å². The third-order valence-electron chi connectivity index (χ3n) is 12.7. The lowest BCUT2D eigenvalue weighted by Gasteiger charge is -2.29. The number of aliphatic hydroxyl groups is 2. The Bertz CT molecular complexity index is 2750. The van der Waals surface area contributed by atoms with Crippen molar-refractivity contribution in [3.8, 4) is 20.9 Å². The minimum atomic E-state index is -0.861. The first-order valence-electron chi connectivity index (χ1n) is 22.8. The van der Waals surface area contributed by atoms with Crippen molar-refractivity contribution in [1.82, 2.24) is 55.3 Å². The van der Waals surface area contributed by atoms with Crippen molar-refractivity contribution in [3.63, 3.8) is 0 Å². The van der Waals surface area contributed by atoms with Crippen LogP contribution in [0, 0.1) is 32.6 Å². The summed E-state index contributed by atoms with van der Waals surface area (Å²) in [5, 5.41) is 40.1. The standard InChI is InChI=1S/C48H57N11O7S2/c1-25(2)39(47(64)58-20-34(60)16-37(58)44(62)49-18-30-8-12-32(13-9-30)41-27(5)51-23-67-41)43-55-54-29(7)57(43)22-36-42(68-24-52-36)33-14-10-31(11-15-33)19-50-45(63)38-17-35(61)21-59(38)48(65)40(26(3)4)46-53-28(6)56-66-46/h8-15,23-26,34-35,37-40,60-61H,16-22H2,1-7H3,(H,49,62)(H,50,63)/t34-,35-,37+,38+,39-,40-/m1/s1. The fourth-order valence-electron chi connectivity index (χ4n) is 9.11. The molecule has 0 unspecified atom stereocenters. The van der Waals surface area contributed by atoms with Gasteiger partial charge < -0.3 is 39.7 Å². The van der Waals surface area contributed by atoms with Crippen LogP contribution in [0.4, 0.5) is 0 Å².